The molecule has 0 radical (unpaired) electrons. The monoisotopic (exact) mass is 421 g/mol. The van der Waals surface area contributed by atoms with E-state index in [-0.39, 0.29) is 17.9 Å². The third-order valence-corrected chi connectivity index (χ3v) is 5.77. The van der Waals surface area contributed by atoms with Crippen LogP contribution in [0.2, 0.25) is 0 Å². The number of rotatable bonds is 4. The summed E-state index contributed by atoms with van der Waals surface area (Å²) in [4.78, 5) is 17.8. The maximum absolute atomic E-state index is 13.2. The van der Waals surface area contributed by atoms with Crippen molar-refractivity contribution in [1.29, 1.82) is 0 Å². The van der Waals surface area contributed by atoms with Crippen molar-refractivity contribution in [1.82, 2.24) is 14.1 Å². The first kappa shape index (κ1) is 17.9. The van der Waals surface area contributed by atoms with Gasteiger partial charge in [-0.3, -0.25) is 4.57 Å². The largest absolute Gasteiger partial charge is 0.379 e. The lowest BCUT2D eigenvalue weighted by atomic mass is 10.0. The Labute approximate surface area is 160 Å². The predicted octanol–water partition coefficient (Wildman–Crippen LogP) is 3.57. The van der Waals surface area contributed by atoms with E-state index in [0.29, 0.717) is 13.2 Å². The summed E-state index contributed by atoms with van der Waals surface area (Å²) in [5.41, 5.74) is 2.64. The summed E-state index contributed by atoms with van der Waals surface area (Å²) in [6.45, 7) is 1.13. The summed E-state index contributed by atoms with van der Waals surface area (Å²) in [6, 6.07) is 1.98. The molecule has 0 N–H and O–H groups in total. The molecular weight excluding hydrogens is 398 g/mol. The molecule has 3 heterocycles. The van der Waals surface area contributed by atoms with E-state index in [4.69, 9.17) is 9.47 Å². The van der Waals surface area contributed by atoms with Crippen LogP contribution in [0, 0.1) is 0 Å². The second-order valence-electron chi connectivity index (χ2n) is 7.06. The number of ether oxygens (including phenoxy) is 2. The van der Waals surface area contributed by atoms with E-state index in [1.165, 1.54) is 6.42 Å². The topological polar surface area (TPSA) is 58.3 Å². The number of imidazole rings is 1. The molecule has 1 aliphatic heterocycles. The van der Waals surface area contributed by atoms with Crippen molar-refractivity contribution in [3.8, 4) is 0 Å². The fourth-order valence-electron chi connectivity index (χ4n) is 3.88. The van der Waals surface area contributed by atoms with Gasteiger partial charge in [0, 0.05) is 23.5 Å². The molecule has 2 aliphatic rings. The van der Waals surface area contributed by atoms with Crippen molar-refractivity contribution >= 4 is 32.8 Å². The SMILES string of the molecule is CO[C@H]1CC[C@@H](Cn2c(=O)n(C3=CCCCC3)c3ncc(Br)cc32)OC1. The van der Waals surface area contributed by atoms with Crippen LogP contribution in [0.25, 0.3) is 16.9 Å². The molecule has 2 aromatic rings. The Morgan fingerprint density at radius 2 is 2.27 bits per heavy atom. The number of halogens is 1. The van der Waals surface area contributed by atoms with Gasteiger partial charge in [-0.15, -0.1) is 0 Å². The minimum Gasteiger partial charge on any atom is -0.379 e. The van der Waals surface area contributed by atoms with Crippen LogP contribution in [0.3, 0.4) is 0 Å². The Kier molecular flexibility index (Phi) is 5.29. The molecule has 4 rings (SSSR count). The molecule has 0 aromatic carbocycles. The molecule has 6 nitrogen and oxygen atoms in total. The maximum atomic E-state index is 13.2. The van der Waals surface area contributed by atoms with Gasteiger partial charge >= 0.3 is 5.69 Å². The summed E-state index contributed by atoms with van der Waals surface area (Å²) < 4.78 is 15.8. The van der Waals surface area contributed by atoms with E-state index in [9.17, 15) is 4.79 Å². The van der Waals surface area contributed by atoms with Crippen LogP contribution in [-0.2, 0) is 16.0 Å². The highest BCUT2D eigenvalue weighted by molar-refractivity contribution is 9.10. The summed E-state index contributed by atoms with van der Waals surface area (Å²) in [5, 5.41) is 0. The van der Waals surface area contributed by atoms with Gasteiger partial charge in [0.05, 0.1) is 30.9 Å². The third-order valence-electron chi connectivity index (χ3n) is 5.34. The average molecular weight is 422 g/mol. The van der Waals surface area contributed by atoms with Gasteiger partial charge in [0.1, 0.15) is 0 Å². The Hall–Kier alpha value is -1.44. The van der Waals surface area contributed by atoms with Crippen molar-refractivity contribution in [2.75, 3.05) is 13.7 Å². The first-order chi connectivity index (χ1) is 12.7. The zero-order valence-corrected chi connectivity index (χ0v) is 16.6. The van der Waals surface area contributed by atoms with Crippen molar-refractivity contribution in [3.05, 3.63) is 33.3 Å². The maximum Gasteiger partial charge on any atom is 0.334 e. The van der Waals surface area contributed by atoms with Crippen molar-refractivity contribution in [2.45, 2.75) is 57.3 Å². The molecule has 0 spiro atoms. The van der Waals surface area contributed by atoms with Gasteiger partial charge < -0.3 is 9.47 Å². The van der Waals surface area contributed by atoms with Crippen molar-refractivity contribution < 1.29 is 9.47 Å². The predicted molar refractivity (Wildman–Crippen MR) is 104 cm³/mol. The molecule has 2 aromatic heterocycles. The van der Waals surface area contributed by atoms with E-state index in [1.54, 1.807) is 17.9 Å². The third kappa shape index (κ3) is 3.40. The zero-order valence-electron chi connectivity index (χ0n) is 15.0. The summed E-state index contributed by atoms with van der Waals surface area (Å²) >= 11 is 3.49. The Morgan fingerprint density at radius 1 is 1.38 bits per heavy atom. The molecule has 0 saturated carbocycles. The summed E-state index contributed by atoms with van der Waals surface area (Å²) in [7, 11) is 1.72. The molecular formula is C19H24BrN3O3. The van der Waals surface area contributed by atoms with Crippen LogP contribution in [-0.4, -0.2) is 40.0 Å². The van der Waals surface area contributed by atoms with E-state index >= 15 is 0 Å². The Bertz CT molecular complexity index is 878. The van der Waals surface area contributed by atoms with E-state index < -0.39 is 0 Å². The van der Waals surface area contributed by atoms with Crippen LogP contribution in [0.15, 0.2) is 27.6 Å². The van der Waals surface area contributed by atoms with Crippen LogP contribution in [0.4, 0.5) is 0 Å². The average Bonchev–Trinajstić information content (AvgIpc) is 2.94. The van der Waals surface area contributed by atoms with Crippen LogP contribution < -0.4 is 5.69 Å². The highest BCUT2D eigenvalue weighted by Gasteiger charge is 2.25. The Morgan fingerprint density at radius 3 is 2.96 bits per heavy atom. The molecule has 1 fully saturated rings. The van der Waals surface area contributed by atoms with Gasteiger partial charge in [-0.05, 0) is 60.5 Å². The molecule has 2 atom stereocenters. The second-order valence-corrected chi connectivity index (χ2v) is 7.97. The first-order valence-corrected chi connectivity index (χ1v) is 10.1. The van der Waals surface area contributed by atoms with Crippen LogP contribution in [0.1, 0.15) is 38.5 Å². The number of hydrogen-bond acceptors (Lipinski definition) is 4. The number of methoxy groups -OCH3 is 1. The van der Waals surface area contributed by atoms with Gasteiger partial charge in [0.15, 0.2) is 5.65 Å². The molecule has 0 bridgehead atoms. The standard InChI is InChI=1S/C19H24BrN3O3/c1-25-16-8-7-15(26-12-16)11-22-17-9-13(20)10-21-18(17)23(19(22)24)14-5-3-2-4-6-14/h5,9-10,15-16H,2-4,6-8,11-12H2,1H3/t15-,16-/m0/s1. The molecule has 7 heteroatoms. The smallest absolute Gasteiger partial charge is 0.334 e. The lowest BCUT2D eigenvalue weighted by molar-refractivity contribution is -0.0757. The van der Waals surface area contributed by atoms with Crippen molar-refractivity contribution in [2.24, 2.45) is 0 Å². The lowest BCUT2D eigenvalue weighted by Crippen LogP contribution is -2.36. The quantitative estimate of drug-likeness (QED) is 0.756. The van der Waals surface area contributed by atoms with E-state index in [0.717, 1.165) is 53.4 Å². The second kappa shape index (κ2) is 7.66. The summed E-state index contributed by atoms with van der Waals surface area (Å²) in [5.74, 6) is 0. The van der Waals surface area contributed by atoms with Crippen LogP contribution >= 0.6 is 15.9 Å². The zero-order chi connectivity index (χ0) is 18.1. The fourth-order valence-corrected chi connectivity index (χ4v) is 4.20. The molecule has 26 heavy (non-hydrogen) atoms. The molecule has 1 aliphatic carbocycles. The van der Waals surface area contributed by atoms with Crippen LogP contribution in [0.5, 0.6) is 0 Å². The molecule has 140 valence electrons. The molecule has 1 saturated heterocycles. The normalized spacial score (nSPS) is 24.0. The minimum absolute atomic E-state index is 0.0174. The van der Waals surface area contributed by atoms with Gasteiger partial charge in [0.2, 0.25) is 0 Å². The fraction of sp³-hybridized carbons (Fsp3) is 0.579. The number of hydrogen-bond donors (Lipinski definition) is 0. The van der Waals surface area contributed by atoms with Gasteiger partial charge in [-0.2, -0.15) is 0 Å². The number of allylic oxidation sites excluding steroid dienone is 2. The van der Waals surface area contributed by atoms with E-state index in [2.05, 4.69) is 27.0 Å². The van der Waals surface area contributed by atoms with E-state index in [1.807, 2.05) is 10.6 Å². The number of fused-ring (bicyclic) bond motifs is 1. The highest BCUT2D eigenvalue weighted by atomic mass is 79.9. The van der Waals surface area contributed by atoms with Gasteiger partial charge in [0.25, 0.3) is 0 Å². The van der Waals surface area contributed by atoms with Gasteiger partial charge in [-0.25, -0.2) is 14.3 Å². The highest BCUT2D eigenvalue weighted by Crippen LogP contribution is 2.26. The Balaban J connectivity index is 1.72. The van der Waals surface area contributed by atoms with Gasteiger partial charge in [-0.1, -0.05) is 6.08 Å². The lowest BCUT2D eigenvalue weighted by Gasteiger charge is -2.28. The first-order valence-electron chi connectivity index (χ1n) is 9.28. The van der Waals surface area contributed by atoms with Crippen molar-refractivity contribution in [3.63, 3.8) is 0 Å². The number of nitrogens with zero attached hydrogens (tertiary/aromatic N) is 3. The number of pyridine rings is 1. The molecule has 0 amide bonds. The molecule has 0 unspecified atom stereocenters. The summed E-state index contributed by atoms with van der Waals surface area (Å²) in [6.07, 6.45) is 10.2. The minimum atomic E-state index is -0.0174. The number of aromatic nitrogens is 3.